The molecule has 1 unspecified atom stereocenters. The summed E-state index contributed by atoms with van der Waals surface area (Å²) in [4.78, 5) is 15.5. The summed E-state index contributed by atoms with van der Waals surface area (Å²) in [5.41, 5.74) is 1.14. The molecular weight excluding hydrogens is 332 g/mol. The SMILES string of the molecule is COc1ccccc1N1CCC(CNC(=O)CSc2ccccc2)C1. The third-order valence-corrected chi connectivity index (χ3v) is 5.42. The van der Waals surface area contributed by atoms with Crippen LogP contribution in [0.4, 0.5) is 5.69 Å². The van der Waals surface area contributed by atoms with Crippen LogP contribution in [0.5, 0.6) is 5.75 Å². The minimum Gasteiger partial charge on any atom is -0.495 e. The molecule has 4 nitrogen and oxygen atoms in total. The summed E-state index contributed by atoms with van der Waals surface area (Å²) in [7, 11) is 1.71. The number of para-hydroxylation sites is 2. The van der Waals surface area contributed by atoms with Gasteiger partial charge in [-0.2, -0.15) is 0 Å². The Balaban J connectivity index is 1.43. The van der Waals surface area contributed by atoms with E-state index in [1.54, 1.807) is 18.9 Å². The highest BCUT2D eigenvalue weighted by molar-refractivity contribution is 8.00. The van der Waals surface area contributed by atoms with E-state index in [2.05, 4.69) is 16.3 Å². The predicted octanol–water partition coefficient (Wildman–Crippen LogP) is 3.43. The standard InChI is InChI=1S/C20H24N2O2S/c1-24-19-10-6-5-9-18(19)22-12-11-16(14-22)13-21-20(23)15-25-17-7-3-2-4-8-17/h2-10,16H,11-15H2,1H3,(H,21,23). The predicted molar refractivity (Wildman–Crippen MR) is 103 cm³/mol. The summed E-state index contributed by atoms with van der Waals surface area (Å²) >= 11 is 1.57. The van der Waals surface area contributed by atoms with Crippen LogP contribution in [0.2, 0.25) is 0 Å². The zero-order valence-corrected chi connectivity index (χ0v) is 15.3. The van der Waals surface area contributed by atoms with Gasteiger partial charge in [0.2, 0.25) is 5.91 Å². The van der Waals surface area contributed by atoms with E-state index in [0.29, 0.717) is 11.7 Å². The molecule has 1 heterocycles. The molecule has 1 atom stereocenters. The Hall–Kier alpha value is -2.14. The van der Waals surface area contributed by atoms with Crippen molar-refractivity contribution in [3.63, 3.8) is 0 Å². The number of hydrogen-bond donors (Lipinski definition) is 1. The van der Waals surface area contributed by atoms with Gasteiger partial charge in [0.1, 0.15) is 5.75 Å². The molecule has 0 saturated carbocycles. The lowest BCUT2D eigenvalue weighted by Crippen LogP contribution is -2.32. The first-order valence-corrected chi connectivity index (χ1v) is 9.57. The number of carbonyl (C=O) groups is 1. The van der Waals surface area contributed by atoms with Gasteiger partial charge in [0, 0.05) is 24.5 Å². The molecule has 1 N–H and O–H groups in total. The second kappa shape index (κ2) is 8.81. The second-order valence-electron chi connectivity index (χ2n) is 6.18. The van der Waals surface area contributed by atoms with Gasteiger partial charge in [-0.25, -0.2) is 0 Å². The third-order valence-electron chi connectivity index (χ3n) is 4.41. The van der Waals surface area contributed by atoms with Gasteiger partial charge in [0.25, 0.3) is 0 Å². The highest BCUT2D eigenvalue weighted by atomic mass is 32.2. The van der Waals surface area contributed by atoms with Gasteiger partial charge in [-0.15, -0.1) is 11.8 Å². The molecule has 0 radical (unpaired) electrons. The third kappa shape index (κ3) is 4.92. The first-order chi connectivity index (χ1) is 12.3. The number of rotatable bonds is 7. The van der Waals surface area contributed by atoms with Gasteiger partial charge in [0.05, 0.1) is 18.6 Å². The Morgan fingerprint density at radius 2 is 1.96 bits per heavy atom. The lowest BCUT2D eigenvalue weighted by molar-refractivity contribution is -0.118. The van der Waals surface area contributed by atoms with Crippen LogP contribution >= 0.6 is 11.8 Å². The molecule has 2 aromatic carbocycles. The lowest BCUT2D eigenvalue weighted by atomic mass is 10.1. The van der Waals surface area contributed by atoms with Crippen LogP contribution in [-0.2, 0) is 4.79 Å². The average Bonchev–Trinajstić information content (AvgIpc) is 3.14. The molecule has 132 valence electrons. The van der Waals surface area contributed by atoms with Gasteiger partial charge >= 0.3 is 0 Å². The van der Waals surface area contributed by atoms with E-state index < -0.39 is 0 Å². The number of thioether (sulfide) groups is 1. The summed E-state index contributed by atoms with van der Waals surface area (Å²) in [6.07, 6.45) is 1.09. The van der Waals surface area contributed by atoms with E-state index in [0.717, 1.165) is 42.4 Å². The zero-order chi connectivity index (χ0) is 17.5. The van der Waals surface area contributed by atoms with Gasteiger partial charge in [-0.3, -0.25) is 4.79 Å². The molecule has 25 heavy (non-hydrogen) atoms. The van der Waals surface area contributed by atoms with Crippen molar-refractivity contribution in [1.29, 1.82) is 0 Å². The van der Waals surface area contributed by atoms with E-state index in [-0.39, 0.29) is 5.91 Å². The van der Waals surface area contributed by atoms with Crippen LogP contribution in [0.15, 0.2) is 59.5 Å². The fourth-order valence-electron chi connectivity index (χ4n) is 3.08. The van der Waals surface area contributed by atoms with Crippen LogP contribution in [0.25, 0.3) is 0 Å². The van der Waals surface area contributed by atoms with Crippen LogP contribution in [0.3, 0.4) is 0 Å². The van der Waals surface area contributed by atoms with Crippen LogP contribution in [0.1, 0.15) is 6.42 Å². The number of ether oxygens (including phenoxy) is 1. The van der Waals surface area contributed by atoms with Crippen LogP contribution < -0.4 is 15.0 Å². The molecule has 0 spiro atoms. The Morgan fingerprint density at radius 1 is 1.20 bits per heavy atom. The largest absolute Gasteiger partial charge is 0.495 e. The number of amides is 1. The van der Waals surface area contributed by atoms with E-state index in [9.17, 15) is 4.79 Å². The molecule has 1 amide bonds. The maximum Gasteiger partial charge on any atom is 0.230 e. The first kappa shape index (κ1) is 17.7. The zero-order valence-electron chi connectivity index (χ0n) is 14.5. The smallest absolute Gasteiger partial charge is 0.230 e. The fraction of sp³-hybridized carbons (Fsp3) is 0.350. The van der Waals surface area contributed by atoms with Crippen molar-refractivity contribution in [2.24, 2.45) is 5.92 Å². The van der Waals surface area contributed by atoms with E-state index >= 15 is 0 Å². The number of nitrogens with zero attached hydrogens (tertiary/aromatic N) is 1. The van der Waals surface area contributed by atoms with E-state index in [1.807, 2.05) is 48.5 Å². The molecule has 1 fully saturated rings. The number of methoxy groups -OCH3 is 1. The maximum atomic E-state index is 12.1. The van der Waals surface area contributed by atoms with Gasteiger partial charge in [0.15, 0.2) is 0 Å². The molecule has 0 bridgehead atoms. The Labute approximate surface area is 153 Å². The van der Waals surface area contributed by atoms with Crippen molar-refractivity contribution in [1.82, 2.24) is 5.32 Å². The summed E-state index contributed by atoms with van der Waals surface area (Å²) in [6.45, 7) is 2.69. The van der Waals surface area contributed by atoms with Crippen molar-refractivity contribution in [3.8, 4) is 5.75 Å². The van der Waals surface area contributed by atoms with Crippen molar-refractivity contribution in [2.45, 2.75) is 11.3 Å². The maximum absolute atomic E-state index is 12.1. The summed E-state index contributed by atoms with van der Waals surface area (Å²) in [5.74, 6) is 1.96. The number of carbonyl (C=O) groups excluding carboxylic acids is 1. The molecule has 1 aliphatic heterocycles. The van der Waals surface area contributed by atoms with Gasteiger partial charge in [-0.05, 0) is 36.6 Å². The minimum atomic E-state index is 0.101. The fourth-order valence-corrected chi connectivity index (χ4v) is 3.83. The summed E-state index contributed by atoms with van der Waals surface area (Å²) in [5, 5.41) is 3.08. The number of nitrogens with one attached hydrogen (secondary N) is 1. The molecule has 0 aliphatic carbocycles. The van der Waals surface area contributed by atoms with E-state index in [4.69, 9.17) is 4.74 Å². The minimum absolute atomic E-state index is 0.101. The van der Waals surface area contributed by atoms with Gasteiger partial charge in [-0.1, -0.05) is 30.3 Å². The molecule has 1 aliphatic rings. The molecule has 5 heteroatoms. The van der Waals surface area contributed by atoms with Crippen molar-refractivity contribution >= 4 is 23.4 Å². The molecule has 3 rings (SSSR count). The Morgan fingerprint density at radius 3 is 2.76 bits per heavy atom. The molecule has 2 aromatic rings. The highest BCUT2D eigenvalue weighted by Crippen LogP contribution is 2.31. The number of anilines is 1. The van der Waals surface area contributed by atoms with Crippen LogP contribution in [-0.4, -0.2) is 38.4 Å². The summed E-state index contributed by atoms with van der Waals surface area (Å²) < 4.78 is 5.45. The Bertz CT molecular complexity index is 693. The Kier molecular flexibility index (Phi) is 6.23. The van der Waals surface area contributed by atoms with E-state index in [1.165, 1.54) is 0 Å². The van der Waals surface area contributed by atoms with Crippen molar-refractivity contribution in [3.05, 3.63) is 54.6 Å². The highest BCUT2D eigenvalue weighted by Gasteiger charge is 2.24. The number of hydrogen-bond acceptors (Lipinski definition) is 4. The van der Waals surface area contributed by atoms with Crippen molar-refractivity contribution in [2.75, 3.05) is 37.4 Å². The normalized spacial score (nSPS) is 16.7. The molecule has 0 aromatic heterocycles. The quantitative estimate of drug-likeness (QED) is 0.772. The first-order valence-electron chi connectivity index (χ1n) is 8.59. The van der Waals surface area contributed by atoms with Crippen molar-refractivity contribution < 1.29 is 9.53 Å². The second-order valence-corrected chi connectivity index (χ2v) is 7.23. The molecule has 1 saturated heterocycles. The monoisotopic (exact) mass is 356 g/mol. The summed E-state index contributed by atoms with van der Waals surface area (Å²) in [6, 6.07) is 18.1. The lowest BCUT2D eigenvalue weighted by Gasteiger charge is -2.21. The van der Waals surface area contributed by atoms with Crippen LogP contribution in [0, 0.1) is 5.92 Å². The number of benzene rings is 2. The molecular formula is C20H24N2O2S. The van der Waals surface area contributed by atoms with Gasteiger partial charge < -0.3 is 15.0 Å². The topological polar surface area (TPSA) is 41.6 Å². The average molecular weight is 356 g/mol.